The molecule has 1 fully saturated rings. The second-order valence-electron chi connectivity index (χ2n) is 8.36. The minimum atomic E-state index is -0.663. The molecule has 0 spiro atoms. The average Bonchev–Trinajstić information content (AvgIpc) is 2.89. The summed E-state index contributed by atoms with van der Waals surface area (Å²) in [5, 5.41) is 0. The molecule has 1 aromatic rings. The van der Waals surface area contributed by atoms with Crippen LogP contribution >= 0.6 is 0 Å². The van der Waals surface area contributed by atoms with E-state index in [4.69, 9.17) is 23.5 Å². The number of benzene rings is 1. The van der Waals surface area contributed by atoms with E-state index in [1.807, 2.05) is 70.2 Å². The minimum Gasteiger partial charge on any atom is -0.466 e. The van der Waals surface area contributed by atoms with Gasteiger partial charge in [0.15, 0.2) is 0 Å². The van der Waals surface area contributed by atoms with Gasteiger partial charge in [0.25, 0.3) is 0 Å². The van der Waals surface area contributed by atoms with Crippen molar-refractivity contribution in [2.24, 2.45) is 0 Å². The maximum Gasteiger partial charge on any atom is 0.465 e. The fourth-order valence-corrected chi connectivity index (χ4v) is 3.02. The molecule has 0 N–H and O–H groups in total. The molecule has 1 heterocycles. The molecule has 1 unspecified atom stereocenters. The summed E-state index contributed by atoms with van der Waals surface area (Å²) < 4.78 is 29.3. The van der Waals surface area contributed by atoms with E-state index in [1.54, 1.807) is 13.2 Å². The minimum absolute atomic E-state index is 0.127. The molecule has 7 heteroatoms. The molecule has 0 aliphatic carbocycles. The Hall–Kier alpha value is -2.25. The topological polar surface area (TPSA) is 63.2 Å². The van der Waals surface area contributed by atoms with E-state index in [2.05, 4.69) is 6.92 Å². The van der Waals surface area contributed by atoms with Crippen molar-refractivity contribution in [2.75, 3.05) is 6.61 Å². The van der Waals surface area contributed by atoms with E-state index in [1.165, 1.54) is 0 Å². The second-order valence-corrected chi connectivity index (χ2v) is 8.36. The zero-order valence-electron chi connectivity index (χ0n) is 19.6. The van der Waals surface area contributed by atoms with Crippen molar-refractivity contribution in [2.45, 2.75) is 78.2 Å². The van der Waals surface area contributed by atoms with Gasteiger partial charge in [0.05, 0.1) is 36.8 Å². The molecule has 1 atom stereocenters. The molecule has 0 amide bonds. The monoisotopic (exact) mass is 430 g/mol. The number of hydrogen-bond donors (Lipinski definition) is 0. The Labute approximate surface area is 186 Å². The first-order valence-corrected chi connectivity index (χ1v) is 10.9. The SMILES string of the molecule is CC/C=C/C=C\OC(CB1OC(C)(C)C(C)(C)O1)Oc1ccccc1CC(=O)OCC. The highest BCUT2D eigenvalue weighted by Crippen LogP contribution is 2.38. The van der Waals surface area contributed by atoms with Crippen molar-refractivity contribution >= 4 is 13.1 Å². The maximum absolute atomic E-state index is 12.0. The van der Waals surface area contributed by atoms with Gasteiger partial charge in [0.2, 0.25) is 6.29 Å². The van der Waals surface area contributed by atoms with Crippen molar-refractivity contribution in [1.29, 1.82) is 0 Å². The quantitative estimate of drug-likeness (QED) is 0.160. The van der Waals surface area contributed by atoms with Crippen LogP contribution in [0.15, 0.2) is 48.8 Å². The molecule has 170 valence electrons. The van der Waals surface area contributed by atoms with Crippen LogP contribution in [0.25, 0.3) is 0 Å². The van der Waals surface area contributed by atoms with Crippen LogP contribution in [0, 0.1) is 0 Å². The van der Waals surface area contributed by atoms with E-state index in [0.717, 1.165) is 12.0 Å². The molecule has 0 bridgehead atoms. The van der Waals surface area contributed by atoms with Crippen LogP contribution in [0.1, 0.15) is 53.5 Å². The lowest BCUT2D eigenvalue weighted by atomic mass is 9.84. The molecule has 1 saturated heterocycles. The Balaban J connectivity index is 2.15. The van der Waals surface area contributed by atoms with Gasteiger partial charge in [-0.05, 0) is 53.2 Å². The van der Waals surface area contributed by atoms with Gasteiger partial charge in [-0.25, -0.2) is 0 Å². The number of para-hydroxylation sites is 1. The summed E-state index contributed by atoms with van der Waals surface area (Å²) in [6, 6.07) is 7.38. The molecule has 6 nitrogen and oxygen atoms in total. The van der Waals surface area contributed by atoms with Crippen molar-refractivity contribution in [3.63, 3.8) is 0 Å². The Morgan fingerprint density at radius 3 is 2.42 bits per heavy atom. The summed E-state index contributed by atoms with van der Waals surface area (Å²) in [7, 11) is -0.480. The molecule has 0 aromatic heterocycles. The molecule has 0 saturated carbocycles. The number of ether oxygens (including phenoxy) is 3. The molecule has 1 aliphatic rings. The Morgan fingerprint density at radius 1 is 1.10 bits per heavy atom. The number of hydrogen-bond acceptors (Lipinski definition) is 6. The smallest absolute Gasteiger partial charge is 0.465 e. The molecule has 2 rings (SSSR count). The van der Waals surface area contributed by atoms with Gasteiger partial charge < -0.3 is 23.5 Å². The zero-order chi connectivity index (χ0) is 22.9. The van der Waals surface area contributed by atoms with Crippen LogP contribution in [-0.4, -0.2) is 37.2 Å². The summed E-state index contributed by atoms with van der Waals surface area (Å²) in [6.07, 6.45) is 8.12. The van der Waals surface area contributed by atoms with E-state index in [-0.39, 0.29) is 12.4 Å². The Morgan fingerprint density at radius 2 is 1.77 bits per heavy atom. The normalized spacial score (nSPS) is 18.5. The fraction of sp³-hybridized carbons (Fsp3) is 0.542. The largest absolute Gasteiger partial charge is 0.466 e. The highest BCUT2D eigenvalue weighted by molar-refractivity contribution is 6.45. The summed E-state index contributed by atoms with van der Waals surface area (Å²) in [5.74, 6) is 0.265. The first kappa shape index (κ1) is 25.0. The number of carbonyl (C=O) groups is 1. The summed E-state index contributed by atoms with van der Waals surface area (Å²) >= 11 is 0. The lowest BCUT2D eigenvalue weighted by Gasteiger charge is -2.32. The van der Waals surface area contributed by atoms with Gasteiger partial charge in [-0.1, -0.05) is 37.3 Å². The van der Waals surface area contributed by atoms with Crippen LogP contribution in [0.3, 0.4) is 0 Å². The lowest BCUT2D eigenvalue weighted by molar-refractivity contribution is -0.142. The molecule has 0 radical (unpaired) electrons. The van der Waals surface area contributed by atoms with Gasteiger partial charge in [0.1, 0.15) is 5.75 Å². The summed E-state index contributed by atoms with van der Waals surface area (Å²) in [5.41, 5.74) is -0.147. The van der Waals surface area contributed by atoms with Gasteiger partial charge >= 0.3 is 13.1 Å². The standard InChI is InChI=1S/C24H35BO6/c1-7-9-10-13-16-28-22(18-25-30-23(3,4)24(5,6)31-25)29-20-15-12-11-14-19(20)17-21(26)27-8-2/h9-16,22H,7-8,17-18H2,1-6H3/b10-9+,16-13-. The first-order chi connectivity index (χ1) is 14.7. The maximum atomic E-state index is 12.0. The van der Waals surface area contributed by atoms with Crippen LogP contribution in [0.5, 0.6) is 5.75 Å². The van der Waals surface area contributed by atoms with E-state index < -0.39 is 24.6 Å². The lowest BCUT2D eigenvalue weighted by Crippen LogP contribution is -2.41. The number of rotatable bonds is 11. The van der Waals surface area contributed by atoms with Crippen LogP contribution in [0.4, 0.5) is 0 Å². The average molecular weight is 430 g/mol. The predicted octanol–water partition coefficient (Wildman–Crippen LogP) is 5.09. The molecular formula is C24H35BO6. The highest BCUT2D eigenvalue weighted by atomic mass is 16.7. The van der Waals surface area contributed by atoms with Crippen LogP contribution < -0.4 is 4.74 Å². The summed E-state index contributed by atoms with van der Waals surface area (Å²) in [4.78, 5) is 12.0. The fourth-order valence-electron chi connectivity index (χ4n) is 3.02. The Bertz CT molecular complexity index is 755. The van der Waals surface area contributed by atoms with Crippen molar-refractivity contribution < 1.29 is 28.3 Å². The number of esters is 1. The predicted molar refractivity (Wildman–Crippen MR) is 122 cm³/mol. The Kier molecular flexibility index (Phi) is 9.20. The highest BCUT2D eigenvalue weighted by Gasteiger charge is 2.51. The van der Waals surface area contributed by atoms with Crippen molar-refractivity contribution in [1.82, 2.24) is 0 Å². The van der Waals surface area contributed by atoms with Crippen molar-refractivity contribution in [3.05, 3.63) is 54.3 Å². The van der Waals surface area contributed by atoms with E-state index in [0.29, 0.717) is 18.7 Å². The number of carbonyl (C=O) groups excluding carboxylic acids is 1. The molecule has 1 aliphatic heterocycles. The van der Waals surface area contributed by atoms with E-state index >= 15 is 0 Å². The third-order valence-electron chi connectivity index (χ3n) is 5.35. The van der Waals surface area contributed by atoms with Crippen LogP contribution in [-0.2, 0) is 30.0 Å². The molecular weight excluding hydrogens is 395 g/mol. The van der Waals surface area contributed by atoms with Gasteiger partial charge in [-0.2, -0.15) is 0 Å². The second kappa shape index (κ2) is 11.4. The van der Waals surface area contributed by atoms with Gasteiger partial charge in [-0.3, -0.25) is 4.79 Å². The van der Waals surface area contributed by atoms with Gasteiger partial charge in [0, 0.05) is 5.56 Å². The summed E-state index contributed by atoms with van der Waals surface area (Å²) in [6.45, 7) is 12.2. The first-order valence-electron chi connectivity index (χ1n) is 10.9. The van der Waals surface area contributed by atoms with Crippen molar-refractivity contribution in [3.8, 4) is 5.75 Å². The molecule has 1 aromatic carbocycles. The van der Waals surface area contributed by atoms with E-state index in [9.17, 15) is 4.79 Å². The number of allylic oxidation sites excluding steroid dienone is 3. The molecule has 31 heavy (non-hydrogen) atoms. The zero-order valence-corrected chi connectivity index (χ0v) is 19.6. The third kappa shape index (κ3) is 7.44. The van der Waals surface area contributed by atoms with Gasteiger partial charge in [-0.15, -0.1) is 0 Å². The van der Waals surface area contributed by atoms with Crippen LogP contribution in [0.2, 0.25) is 6.32 Å². The third-order valence-corrected chi connectivity index (χ3v) is 5.35.